The number of carbonyl (C=O) groups is 1. The number of aliphatic hydroxyl groups excluding tert-OH is 1. The Morgan fingerprint density at radius 1 is 1.19 bits per heavy atom. The van der Waals surface area contributed by atoms with Crippen LogP contribution in [0, 0.1) is 11.8 Å². The van der Waals surface area contributed by atoms with Crippen LogP contribution in [0.15, 0.2) is 0 Å². The normalized spacial score (nSPS) is 25.4. The zero-order valence-corrected chi connectivity index (χ0v) is 10.3. The molecule has 0 bridgehead atoms. The van der Waals surface area contributed by atoms with Crippen LogP contribution >= 0.6 is 0 Å². The van der Waals surface area contributed by atoms with Gasteiger partial charge in [0, 0.05) is 13.0 Å². The molecule has 0 amide bonds. The fraction of sp³-hybridized carbons (Fsp3) is 0.923. The Morgan fingerprint density at radius 3 is 2.38 bits per heavy atom. The molecule has 0 aromatic rings. The van der Waals surface area contributed by atoms with E-state index in [0.717, 1.165) is 18.8 Å². The summed E-state index contributed by atoms with van der Waals surface area (Å²) in [5.41, 5.74) is 0. The highest BCUT2D eigenvalue weighted by molar-refractivity contribution is 5.68. The molecule has 3 nitrogen and oxygen atoms in total. The van der Waals surface area contributed by atoms with Gasteiger partial charge in [0.05, 0.1) is 7.11 Å². The van der Waals surface area contributed by atoms with Crippen molar-refractivity contribution < 1.29 is 14.6 Å². The molecule has 0 radical (unpaired) electrons. The first-order valence-electron chi connectivity index (χ1n) is 6.44. The molecule has 1 N–H and O–H groups in total. The number of esters is 1. The third kappa shape index (κ3) is 4.97. The first-order chi connectivity index (χ1) is 7.76. The maximum atomic E-state index is 10.9. The maximum Gasteiger partial charge on any atom is 0.305 e. The topological polar surface area (TPSA) is 46.5 Å². The molecule has 0 saturated heterocycles. The third-order valence-electron chi connectivity index (χ3n) is 3.70. The lowest BCUT2D eigenvalue weighted by Gasteiger charge is -2.27. The second kappa shape index (κ2) is 7.66. The Kier molecular flexibility index (Phi) is 6.46. The van der Waals surface area contributed by atoms with Crippen LogP contribution in [0.5, 0.6) is 0 Å². The quantitative estimate of drug-likeness (QED) is 0.561. The van der Waals surface area contributed by atoms with Gasteiger partial charge in [0.1, 0.15) is 0 Å². The van der Waals surface area contributed by atoms with Gasteiger partial charge in [0.25, 0.3) is 0 Å². The summed E-state index contributed by atoms with van der Waals surface area (Å²) in [6.45, 7) is 0.356. The number of aliphatic hydroxyl groups is 1. The summed E-state index contributed by atoms with van der Waals surface area (Å²) in [7, 11) is 1.44. The zero-order valence-electron chi connectivity index (χ0n) is 10.3. The molecule has 16 heavy (non-hydrogen) atoms. The molecular weight excluding hydrogens is 204 g/mol. The molecular formula is C13H24O3. The first-order valence-corrected chi connectivity index (χ1v) is 6.44. The minimum atomic E-state index is -0.0935. The van der Waals surface area contributed by atoms with Crippen LogP contribution < -0.4 is 0 Å². The van der Waals surface area contributed by atoms with E-state index in [9.17, 15) is 4.79 Å². The van der Waals surface area contributed by atoms with Crippen LogP contribution in [0.2, 0.25) is 0 Å². The highest BCUT2D eigenvalue weighted by atomic mass is 16.5. The molecule has 0 heterocycles. The van der Waals surface area contributed by atoms with E-state index in [1.54, 1.807) is 0 Å². The van der Waals surface area contributed by atoms with Gasteiger partial charge < -0.3 is 9.84 Å². The van der Waals surface area contributed by atoms with Crippen molar-refractivity contribution in [2.75, 3.05) is 13.7 Å². The fourth-order valence-electron chi connectivity index (χ4n) is 2.51. The van der Waals surface area contributed by atoms with E-state index in [4.69, 9.17) is 5.11 Å². The van der Waals surface area contributed by atoms with Crippen LogP contribution in [-0.2, 0) is 9.53 Å². The monoisotopic (exact) mass is 228 g/mol. The van der Waals surface area contributed by atoms with Gasteiger partial charge in [0.15, 0.2) is 0 Å². The highest BCUT2D eigenvalue weighted by Crippen LogP contribution is 2.31. The maximum absolute atomic E-state index is 10.9. The summed E-state index contributed by atoms with van der Waals surface area (Å²) < 4.78 is 4.60. The smallest absolute Gasteiger partial charge is 0.305 e. The van der Waals surface area contributed by atoms with E-state index in [1.165, 1.54) is 39.2 Å². The molecule has 0 unspecified atom stereocenters. The van der Waals surface area contributed by atoms with Gasteiger partial charge >= 0.3 is 5.97 Å². The summed E-state index contributed by atoms with van der Waals surface area (Å²) in [4.78, 5) is 10.9. The molecule has 1 saturated carbocycles. The SMILES string of the molecule is COC(=O)CCCCC1CCC(CO)CC1. The van der Waals surface area contributed by atoms with Crippen LogP contribution in [-0.4, -0.2) is 24.8 Å². The molecule has 1 rings (SSSR count). The lowest BCUT2D eigenvalue weighted by atomic mass is 9.80. The Labute approximate surface area is 98.2 Å². The summed E-state index contributed by atoms with van der Waals surface area (Å²) in [5.74, 6) is 1.27. The van der Waals surface area contributed by atoms with Crippen molar-refractivity contribution in [2.45, 2.75) is 51.4 Å². The molecule has 1 aliphatic carbocycles. The molecule has 0 atom stereocenters. The minimum Gasteiger partial charge on any atom is -0.469 e. The summed E-state index contributed by atoms with van der Waals surface area (Å²) in [5, 5.41) is 9.03. The van der Waals surface area contributed by atoms with E-state index in [0.29, 0.717) is 18.9 Å². The first kappa shape index (κ1) is 13.5. The molecule has 94 valence electrons. The van der Waals surface area contributed by atoms with Crippen molar-refractivity contribution in [3.05, 3.63) is 0 Å². The average molecular weight is 228 g/mol. The number of hydrogen-bond donors (Lipinski definition) is 1. The van der Waals surface area contributed by atoms with E-state index >= 15 is 0 Å². The standard InChI is InChI=1S/C13H24O3/c1-16-13(15)5-3-2-4-11-6-8-12(10-14)9-7-11/h11-12,14H,2-10H2,1H3. The van der Waals surface area contributed by atoms with Crippen LogP contribution in [0.1, 0.15) is 51.4 Å². The van der Waals surface area contributed by atoms with E-state index in [-0.39, 0.29) is 5.97 Å². The van der Waals surface area contributed by atoms with E-state index in [1.807, 2.05) is 0 Å². The molecule has 0 aromatic carbocycles. The molecule has 1 aliphatic rings. The fourth-order valence-corrected chi connectivity index (χ4v) is 2.51. The molecule has 0 aromatic heterocycles. The number of unbranched alkanes of at least 4 members (excludes halogenated alkanes) is 1. The van der Waals surface area contributed by atoms with Gasteiger partial charge in [-0.25, -0.2) is 0 Å². The lowest BCUT2D eigenvalue weighted by Crippen LogP contribution is -2.17. The largest absolute Gasteiger partial charge is 0.469 e. The van der Waals surface area contributed by atoms with Crippen LogP contribution in [0.25, 0.3) is 0 Å². The number of methoxy groups -OCH3 is 1. The van der Waals surface area contributed by atoms with Gasteiger partial charge in [0.2, 0.25) is 0 Å². The second-order valence-corrected chi connectivity index (χ2v) is 4.89. The second-order valence-electron chi connectivity index (χ2n) is 4.89. The van der Waals surface area contributed by atoms with Crippen molar-refractivity contribution in [1.29, 1.82) is 0 Å². The number of rotatable bonds is 6. The van der Waals surface area contributed by atoms with Crippen molar-refractivity contribution in [3.63, 3.8) is 0 Å². The van der Waals surface area contributed by atoms with Crippen molar-refractivity contribution in [3.8, 4) is 0 Å². The summed E-state index contributed by atoms with van der Waals surface area (Å²) in [6.07, 6.45) is 8.73. The van der Waals surface area contributed by atoms with Gasteiger partial charge in [-0.2, -0.15) is 0 Å². The Hall–Kier alpha value is -0.570. The van der Waals surface area contributed by atoms with Gasteiger partial charge in [-0.3, -0.25) is 4.79 Å². The van der Waals surface area contributed by atoms with Crippen molar-refractivity contribution >= 4 is 5.97 Å². The van der Waals surface area contributed by atoms with Crippen molar-refractivity contribution in [1.82, 2.24) is 0 Å². The summed E-state index contributed by atoms with van der Waals surface area (Å²) in [6, 6.07) is 0. The molecule has 3 heteroatoms. The Morgan fingerprint density at radius 2 is 1.81 bits per heavy atom. The average Bonchev–Trinajstić information content (AvgIpc) is 2.35. The zero-order chi connectivity index (χ0) is 11.8. The summed E-state index contributed by atoms with van der Waals surface area (Å²) >= 11 is 0. The number of ether oxygens (including phenoxy) is 1. The van der Waals surface area contributed by atoms with Crippen LogP contribution in [0.3, 0.4) is 0 Å². The number of carbonyl (C=O) groups excluding carboxylic acids is 1. The Bertz CT molecular complexity index is 195. The third-order valence-corrected chi connectivity index (χ3v) is 3.70. The molecule has 0 spiro atoms. The number of hydrogen-bond acceptors (Lipinski definition) is 3. The van der Waals surface area contributed by atoms with E-state index < -0.39 is 0 Å². The van der Waals surface area contributed by atoms with Gasteiger partial charge in [-0.1, -0.05) is 25.7 Å². The molecule has 1 fully saturated rings. The predicted octanol–water partition coefficient (Wildman–Crippen LogP) is 2.52. The minimum absolute atomic E-state index is 0.0935. The van der Waals surface area contributed by atoms with E-state index in [2.05, 4.69) is 4.74 Å². The predicted molar refractivity (Wildman–Crippen MR) is 63.0 cm³/mol. The lowest BCUT2D eigenvalue weighted by molar-refractivity contribution is -0.140. The van der Waals surface area contributed by atoms with Crippen LogP contribution in [0.4, 0.5) is 0 Å². The highest BCUT2D eigenvalue weighted by Gasteiger charge is 2.19. The van der Waals surface area contributed by atoms with Gasteiger partial charge in [-0.15, -0.1) is 0 Å². The Balaban J connectivity index is 2.00. The molecule has 0 aliphatic heterocycles. The van der Waals surface area contributed by atoms with Crippen molar-refractivity contribution in [2.24, 2.45) is 11.8 Å². The van der Waals surface area contributed by atoms with Gasteiger partial charge in [-0.05, 0) is 31.1 Å².